The molecule has 1 aliphatic rings. The zero-order valence-electron chi connectivity index (χ0n) is 16.3. The lowest BCUT2D eigenvalue weighted by Gasteiger charge is -2.49. The Balaban J connectivity index is 1.72. The van der Waals surface area contributed by atoms with Gasteiger partial charge in [0.05, 0.1) is 19.1 Å². The van der Waals surface area contributed by atoms with Crippen LogP contribution in [0.3, 0.4) is 0 Å². The van der Waals surface area contributed by atoms with E-state index < -0.39 is 6.10 Å². The summed E-state index contributed by atoms with van der Waals surface area (Å²) in [5.74, 6) is 0.906. The minimum atomic E-state index is -0.432. The van der Waals surface area contributed by atoms with Crippen LogP contribution in [0, 0.1) is 5.92 Å². The molecule has 0 bridgehead atoms. The molecule has 0 N–H and O–H groups in total. The molecule has 3 atom stereocenters. The summed E-state index contributed by atoms with van der Waals surface area (Å²) in [6.07, 6.45) is -0.432. The molecule has 3 rings (SSSR count). The van der Waals surface area contributed by atoms with Crippen molar-refractivity contribution >= 4 is 23.6 Å². The minimum Gasteiger partial charge on any atom is -0.497 e. The van der Waals surface area contributed by atoms with Gasteiger partial charge in [-0.25, -0.2) is 0 Å². The number of esters is 1. The maximum absolute atomic E-state index is 12.8. The molecule has 0 spiro atoms. The fourth-order valence-electron chi connectivity index (χ4n) is 3.49. The number of methoxy groups -OCH3 is 1. The number of nitrogens with zero attached hydrogens (tertiary/aromatic N) is 1. The van der Waals surface area contributed by atoms with Gasteiger partial charge < -0.3 is 14.4 Å². The van der Waals surface area contributed by atoms with Gasteiger partial charge in [0.25, 0.3) is 0 Å². The third-order valence-corrected chi connectivity index (χ3v) is 6.03. The topological polar surface area (TPSA) is 55.8 Å². The molecular formula is C22H25NO4S. The second-order valence-corrected chi connectivity index (χ2v) is 7.94. The van der Waals surface area contributed by atoms with E-state index >= 15 is 0 Å². The molecule has 1 heterocycles. The van der Waals surface area contributed by atoms with E-state index in [4.69, 9.17) is 9.47 Å². The number of benzene rings is 2. The number of amides is 1. The highest BCUT2D eigenvalue weighted by Crippen LogP contribution is 2.36. The quantitative estimate of drug-likeness (QED) is 0.384. The molecule has 1 aliphatic heterocycles. The highest BCUT2D eigenvalue weighted by Gasteiger charge is 2.50. The third kappa shape index (κ3) is 4.68. The summed E-state index contributed by atoms with van der Waals surface area (Å²) < 4.78 is 10.5. The summed E-state index contributed by atoms with van der Waals surface area (Å²) >= 11 is 1.71. The molecule has 28 heavy (non-hydrogen) atoms. The lowest BCUT2D eigenvalue weighted by atomic mass is 9.83. The van der Waals surface area contributed by atoms with Crippen LogP contribution in [0.1, 0.15) is 19.4 Å². The number of rotatable bonds is 8. The predicted octanol–water partition coefficient (Wildman–Crippen LogP) is 3.77. The fourth-order valence-corrected chi connectivity index (χ4v) is 4.59. The number of carbonyl (C=O) groups is 2. The first-order valence-corrected chi connectivity index (χ1v) is 10.3. The Hall–Kier alpha value is -2.47. The van der Waals surface area contributed by atoms with E-state index in [9.17, 15) is 9.59 Å². The third-order valence-electron chi connectivity index (χ3n) is 4.92. The number of ether oxygens (including phenoxy) is 2. The number of hydrogen-bond donors (Lipinski definition) is 0. The summed E-state index contributed by atoms with van der Waals surface area (Å²) in [5, 5.41) is 0. The molecule has 1 fully saturated rings. The van der Waals surface area contributed by atoms with Crippen LogP contribution in [0.25, 0.3) is 0 Å². The maximum Gasteiger partial charge on any atom is 0.302 e. The van der Waals surface area contributed by atoms with E-state index in [1.807, 2.05) is 47.4 Å². The van der Waals surface area contributed by atoms with Crippen LogP contribution >= 0.6 is 11.8 Å². The number of carbonyl (C=O) groups excluding carboxylic acids is 2. The standard InChI is InChI=1S/C22H25NO4S/c1-15(27-16(2)24)21-20(14-28-19-7-5-4-6-8-19)23(22(21)25)13-17-9-11-18(26-3)12-10-17/h4-12,15,20-21H,13-14H2,1-3H3/t15-,20-,21-/m1/s1. The lowest BCUT2D eigenvalue weighted by Crippen LogP contribution is -2.65. The largest absolute Gasteiger partial charge is 0.497 e. The number of thioether (sulfide) groups is 1. The van der Waals surface area contributed by atoms with Crippen molar-refractivity contribution in [2.24, 2.45) is 5.92 Å². The molecule has 1 saturated heterocycles. The van der Waals surface area contributed by atoms with Crippen LogP contribution < -0.4 is 4.74 Å². The van der Waals surface area contributed by atoms with Gasteiger partial charge in [-0.2, -0.15) is 0 Å². The van der Waals surface area contributed by atoms with Crippen molar-refractivity contribution in [3.8, 4) is 5.75 Å². The normalized spacial score (nSPS) is 19.7. The summed E-state index contributed by atoms with van der Waals surface area (Å²) in [5.41, 5.74) is 1.04. The minimum absolute atomic E-state index is 0.00848. The highest BCUT2D eigenvalue weighted by molar-refractivity contribution is 7.99. The fraction of sp³-hybridized carbons (Fsp3) is 0.364. The van der Waals surface area contributed by atoms with Crippen molar-refractivity contribution in [3.05, 3.63) is 60.2 Å². The van der Waals surface area contributed by atoms with Gasteiger partial charge in [0, 0.05) is 24.1 Å². The van der Waals surface area contributed by atoms with Crippen LogP contribution in [-0.2, 0) is 20.9 Å². The highest BCUT2D eigenvalue weighted by atomic mass is 32.2. The van der Waals surface area contributed by atoms with Crippen LogP contribution in [0.4, 0.5) is 0 Å². The van der Waals surface area contributed by atoms with Crippen molar-refractivity contribution in [1.29, 1.82) is 0 Å². The van der Waals surface area contributed by atoms with E-state index in [0.717, 1.165) is 22.0 Å². The Morgan fingerprint density at radius 1 is 1.14 bits per heavy atom. The van der Waals surface area contributed by atoms with Gasteiger partial charge in [-0.3, -0.25) is 9.59 Å². The maximum atomic E-state index is 12.8. The summed E-state index contributed by atoms with van der Waals surface area (Å²) in [7, 11) is 1.63. The zero-order valence-corrected chi connectivity index (χ0v) is 17.1. The summed E-state index contributed by atoms with van der Waals surface area (Å²) in [6, 6.07) is 17.8. The Bertz CT molecular complexity index is 809. The Morgan fingerprint density at radius 3 is 2.43 bits per heavy atom. The second kappa shape index (κ2) is 9.15. The molecule has 0 aliphatic carbocycles. The molecule has 5 nitrogen and oxygen atoms in total. The van der Waals surface area contributed by atoms with E-state index in [1.165, 1.54) is 6.92 Å². The van der Waals surface area contributed by atoms with Gasteiger partial charge in [0.15, 0.2) is 0 Å². The lowest BCUT2D eigenvalue weighted by molar-refractivity contribution is -0.171. The van der Waals surface area contributed by atoms with Gasteiger partial charge in [-0.15, -0.1) is 11.8 Å². The monoisotopic (exact) mass is 399 g/mol. The van der Waals surface area contributed by atoms with Gasteiger partial charge >= 0.3 is 5.97 Å². The predicted molar refractivity (Wildman–Crippen MR) is 109 cm³/mol. The Labute approximate surface area is 170 Å². The molecule has 2 aromatic rings. The smallest absolute Gasteiger partial charge is 0.302 e. The van der Waals surface area contributed by atoms with E-state index in [2.05, 4.69) is 12.1 Å². The first-order valence-electron chi connectivity index (χ1n) is 9.28. The SMILES string of the molecule is COc1ccc(CN2C(=O)[C@H]([C@@H](C)OC(C)=O)[C@H]2CSc2ccccc2)cc1. The summed E-state index contributed by atoms with van der Waals surface area (Å²) in [4.78, 5) is 27.2. The first kappa shape index (κ1) is 20.3. The Kier molecular flexibility index (Phi) is 6.62. The van der Waals surface area contributed by atoms with Gasteiger partial charge in [0.2, 0.25) is 5.91 Å². The molecule has 0 aromatic heterocycles. The van der Waals surface area contributed by atoms with Gasteiger partial charge in [-0.05, 0) is 36.8 Å². The molecule has 0 unspecified atom stereocenters. The van der Waals surface area contributed by atoms with Crippen molar-refractivity contribution in [3.63, 3.8) is 0 Å². The van der Waals surface area contributed by atoms with Crippen molar-refractivity contribution in [2.75, 3.05) is 12.9 Å². The number of hydrogen-bond acceptors (Lipinski definition) is 5. The van der Waals surface area contributed by atoms with Gasteiger partial charge in [0.1, 0.15) is 11.9 Å². The van der Waals surface area contributed by atoms with Crippen LogP contribution in [0.15, 0.2) is 59.5 Å². The second-order valence-electron chi connectivity index (χ2n) is 6.85. The van der Waals surface area contributed by atoms with Crippen molar-refractivity contribution < 1.29 is 19.1 Å². The average Bonchev–Trinajstić information content (AvgIpc) is 2.69. The zero-order chi connectivity index (χ0) is 20.1. The molecule has 1 amide bonds. The Morgan fingerprint density at radius 2 is 1.82 bits per heavy atom. The van der Waals surface area contributed by atoms with Crippen molar-refractivity contribution in [2.45, 2.75) is 37.4 Å². The van der Waals surface area contributed by atoms with Crippen LogP contribution in [0.5, 0.6) is 5.75 Å². The molecule has 6 heteroatoms. The van der Waals surface area contributed by atoms with E-state index in [1.54, 1.807) is 25.8 Å². The number of β-lactam (4-membered cyclic amide) rings is 1. The average molecular weight is 400 g/mol. The molecule has 0 saturated carbocycles. The molecular weight excluding hydrogens is 374 g/mol. The molecule has 2 aromatic carbocycles. The van der Waals surface area contributed by atoms with Crippen LogP contribution in [-0.4, -0.2) is 41.8 Å². The van der Waals surface area contributed by atoms with Crippen LogP contribution in [0.2, 0.25) is 0 Å². The summed E-state index contributed by atoms with van der Waals surface area (Å²) in [6.45, 7) is 3.71. The first-order chi connectivity index (χ1) is 13.5. The van der Waals surface area contributed by atoms with Gasteiger partial charge in [-0.1, -0.05) is 30.3 Å². The van der Waals surface area contributed by atoms with Crippen molar-refractivity contribution in [1.82, 2.24) is 4.90 Å². The molecule has 0 radical (unpaired) electrons. The number of likely N-dealkylation sites (tertiary alicyclic amines) is 1. The van der Waals surface area contributed by atoms with E-state index in [0.29, 0.717) is 6.54 Å². The van der Waals surface area contributed by atoms with E-state index in [-0.39, 0.29) is 23.8 Å². The molecule has 148 valence electrons.